The number of methoxy groups -OCH3 is 1. The Morgan fingerprint density at radius 3 is 2.74 bits per heavy atom. The van der Waals surface area contributed by atoms with Gasteiger partial charge in [0.05, 0.1) is 19.6 Å². The first-order chi connectivity index (χ1) is 13.1. The van der Waals surface area contributed by atoms with Crippen LogP contribution in [0.2, 0.25) is 0 Å². The second kappa shape index (κ2) is 8.19. The number of cyclic esters (lactones) is 1. The third-order valence-electron chi connectivity index (χ3n) is 4.13. The topological polar surface area (TPSA) is 74.9 Å². The summed E-state index contributed by atoms with van der Waals surface area (Å²) in [6, 6.07) is 17.0. The van der Waals surface area contributed by atoms with Crippen molar-refractivity contribution < 1.29 is 14.3 Å². The summed E-state index contributed by atoms with van der Waals surface area (Å²) in [6.45, 7) is 0.664. The highest BCUT2D eigenvalue weighted by Gasteiger charge is 2.24. The summed E-state index contributed by atoms with van der Waals surface area (Å²) in [7, 11) is 3.51. The van der Waals surface area contributed by atoms with E-state index in [0.717, 1.165) is 11.3 Å². The highest BCUT2D eigenvalue weighted by atomic mass is 16.6. The van der Waals surface area contributed by atoms with Gasteiger partial charge in [0.2, 0.25) is 5.90 Å². The number of benzene rings is 2. The van der Waals surface area contributed by atoms with Crippen molar-refractivity contribution >= 4 is 23.6 Å². The molecular formula is C21H19N3O3. The van der Waals surface area contributed by atoms with Crippen LogP contribution in [0.5, 0.6) is 5.75 Å². The van der Waals surface area contributed by atoms with E-state index in [1.165, 1.54) is 0 Å². The molecule has 0 bridgehead atoms. The lowest BCUT2D eigenvalue weighted by atomic mass is 10.1. The molecule has 0 N–H and O–H groups in total. The molecule has 1 heterocycles. The SMILES string of the molecule is COc1cccc(C2=NC(=Cc3ccc(N(C)CCC#N)cc3)C(=O)O2)c1. The van der Waals surface area contributed by atoms with Gasteiger partial charge in [0.25, 0.3) is 0 Å². The van der Waals surface area contributed by atoms with Crippen LogP contribution in [0.1, 0.15) is 17.5 Å². The molecule has 0 spiro atoms. The van der Waals surface area contributed by atoms with Gasteiger partial charge in [0, 0.05) is 24.8 Å². The number of aliphatic imine (C=N–C) groups is 1. The summed E-state index contributed by atoms with van der Waals surface area (Å²) in [5.74, 6) is 0.445. The Morgan fingerprint density at radius 2 is 2.04 bits per heavy atom. The number of rotatable bonds is 6. The van der Waals surface area contributed by atoms with Crippen LogP contribution in [0, 0.1) is 11.3 Å². The third-order valence-corrected chi connectivity index (χ3v) is 4.13. The molecule has 2 aromatic rings. The molecule has 136 valence electrons. The molecule has 0 radical (unpaired) electrons. The molecule has 0 fully saturated rings. The van der Waals surface area contributed by atoms with Crippen LogP contribution in [0.4, 0.5) is 5.69 Å². The maximum atomic E-state index is 12.1. The third kappa shape index (κ3) is 4.33. The number of ether oxygens (including phenoxy) is 2. The van der Waals surface area contributed by atoms with Gasteiger partial charge in [-0.1, -0.05) is 18.2 Å². The minimum atomic E-state index is -0.483. The quantitative estimate of drug-likeness (QED) is 0.582. The van der Waals surface area contributed by atoms with Gasteiger partial charge in [-0.05, 0) is 42.0 Å². The predicted molar refractivity (Wildman–Crippen MR) is 104 cm³/mol. The summed E-state index contributed by atoms with van der Waals surface area (Å²) in [4.78, 5) is 18.5. The predicted octanol–water partition coefficient (Wildman–Crippen LogP) is 3.39. The maximum absolute atomic E-state index is 12.1. The number of esters is 1. The smallest absolute Gasteiger partial charge is 0.363 e. The number of hydrogen-bond acceptors (Lipinski definition) is 6. The zero-order valence-electron chi connectivity index (χ0n) is 15.2. The van der Waals surface area contributed by atoms with E-state index in [0.29, 0.717) is 24.3 Å². The van der Waals surface area contributed by atoms with Crippen molar-refractivity contribution in [3.8, 4) is 11.8 Å². The lowest BCUT2D eigenvalue weighted by Gasteiger charge is -2.17. The fourth-order valence-corrected chi connectivity index (χ4v) is 2.62. The lowest BCUT2D eigenvalue weighted by Crippen LogP contribution is -2.17. The van der Waals surface area contributed by atoms with E-state index in [1.807, 2.05) is 54.4 Å². The summed E-state index contributed by atoms with van der Waals surface area (Å²) < 4.78 is 10.5. The van der Waals surface area contributed by atoms with Gasteiger partial charge < -0.3 is 14.4 Å². The van der Waals surface area contributed by atoms with Crippen molar-refractivity contribution in [2.75, 3.05) is 25.6 Å². The second-order valence-corrected chi connectivity index (χ2v) is 5.99. The van der Waals surface area contributed by atoms with Gasteiger partial charge in [0.15, 0.2) is 5.70 Å². The van der Waals surface area contributed by atoms with E-state index >= 15 is 0 Å². The molecule has 1 aliphatic rings. The van der Waals surface area contributed by atoms with Crippen molar-refractivity contribution in [3.05, 3.63) is 65.4 Å². The molecule has 0 saturated carbocycles. The Balaban J connectivity index is 1.79. The molecule has 0 aromatic heterocycles. The average molecular weight is 361 g/mol. The van der Waals surface area contributed by atoms with Crippen LogP contribution < -0.4 is 9.64 Å². The normalized spacial score (nSPS) is 14.5. The zero-order chi connectivity index (χ0) is 19.2. The van der Waals surface area contributed by atoms with Gasteiger partial charge >= 0.3 is 5.97 Å². The van der Waals surface area contributed by atoms with Crippen LogP contribution in [0.3, 0.4) is 0 Å². The van der Waals surface area contributed by atoms with Crippen LogP contribution in [0.15, 0.2) is 59.2 Å². The van der Waals surface area contributed by atoms with Gasteiger partial charge in [-0.3, -0.25) is 0 Å². The molecule has 3 rings (SSSR count). The number of carbonyl (C=O) groups is 1. The molecular weight excluding hydrogens is 342 g/mol. The molecule has 1 aliphatic heterocycles. The molecule has 0 amide bonds. The summed E-state index contributed by atoms with van der Waals surface area (Å²) in [5.41, 5.74) is 2.77. The molecule has 0 atom stereocenters. The second-order valence-electron chi connectivity index (χ2n) is 5.99. The van der Waals surface area contributed by atoms with Crippen molar-refractivity contribution in [1.29, 1.82) is 5.26 Å². The zero-order valence-corrected chi connectivity index (χ0v) is 15.2. The Bertz CT molecular complexity index is 940. The first kappa shape index (κ1) is 18.2. The summed E-state index contributed by atoms with van der Waals surface area (Å²) in [6.07, 6.45) is 2.16. The van der Waals surface area contributed by atoms with Crippen LogP contribution in [-0.4, -0.2) is 32.6 Å². The standard InChI is InChI=1S/C21H19N3O3/c1-24(12-4-11-22)17-9-7-15(8-10-17)13-19-21(25)27-20(23-19)16-5-3-6-18(14-16)26-2/h3,5-10,13-14H,4,12H2,1-2H3. The molecule has 27 heavy (non-hydrogen) atoms. The van der Waals surface area contributed by atoms with Gasteiger partial charge in [-0.25, -0.2) is 9.79 Å². The van der Waals surface area contributed by atoms with E-state index in [-0.39, 0.29) is 11.6 Å². The summed E-state index contributed by atoms with van der Waals surface area (Å²) in [5, 5.41) is 8.68. The molecule has 6 nitrogen and oxygen atoms in total. The lowest BCUT2D eigenvalue weighted by molar-refractivity contribution is -0.129. The number of nitrogens with zero attached hydrogens (tertiary/aromatic N) is 3. The van der Waals surface area contributed by atoms with E-state index < -0.39 is 5.97 Å². The Kier molecular flexibility index (Phi) is 5.53. The molecule has 2 aromatic carbocycles. The van der Waals surface area contributed by atoms with E-state index in [4.69, 9.17) is 14.7 Å². The monoisotopic (exact) mass is 361 g/mol. The first-order valence-electron chi connectivity index (χ1n) is 8.46. The number of hydrogen-bond donors (Lipinski definition) is 0. The number of anilines is 1. The highest BCUT2D eigenvalue weighted by molar-refractivity contribution is 6.13. The average Bonchev–Trinajstić information content (AvgIpc) is 3.07. The van der Waals surface area contributed by atoms with Gasteiger partial charge in [0.1, 0.15) is 5.75 Å². The number of nitriles is 1. The fourth-order valence-electron chi connectivity index (χ4n) is 2.62. The van der Waals surface area contributed by atoms with Crippen LogP contribution in [0.25, 0.3) is 6.08 Å². The van der Waals surface area contributed by atoms with Crippen molar-refractivity contribution in [2.24, 2.45) is 4.99 Å². The molecule has 0 unspecified atom stereocenters. The Hall–Kier alpha value is -3.59. The maximum Gasteiger partial charge on any atom is 0.363 e. The van der Waals surface area contributed by atoms with E-state index in [9.17, 15) is 4.79 Å². The van der Waals surface area contributed by atoms with Crippen molar-refractivity contribution in [2.45, 2.75) is 6.42 Å². The minimum absolute atomic E-state index is 0.249. The molecule has 0 aliphatic carbocycles. The molecule has 0 saturated heterocycles. The van der Waals surface area contributed by atoms with E-state index in [2.05, 4.69) is 11.1 Å². The van der Waals surface area contributed by atoms with Crippen LogP contribution >= 0.6 is 0 Å². The summed E-state index contributed by atoms with van der Waals surface area (Å²) >= 11 is 0. The van der Waals surface area contributed by atoms with E-state index in [1.54, 1.807) is 19.3 Å². The van der Waals surface area contributed by atoms with Crippen LogP contribution in [-0.2, 0) is 9.53 Å². The largest absolute Gasteiger partial charge is 0.497 e. The Labute approximate surface area is 158 Å². The fraction of sp³-hybridized carbons (Fsp3) is 0.190. The first-order valence-corrected chi connectivity index (χ1v) is 8.46. The van der Waals surface area contributed by atoms with Gasteiger partial charge in [-0.2, -0.15) is 5.26 Å². The molecule has 6 heteroatoms. The number of carbonyl (C=O) groups excluding carboxylic acids is 1. The Morgan fingerprint density at radius 1 is 1.26 bits per heavy atom. The van der Waals surface area contributed by atoms with Crippen molar-refractivity contribution in [3.63, 3.8) is 0 Å². The highest BCUT2D eigenvalue weighted by Crippen LogP contribution is 2.22. The van der Waals surface area contributed by atoms with Gasteiger partial charge in [-0.15, -0.1) is 0 Å². The minimum Gasteiger partial charge on any atom is -0.497 e. The van der Waals surface area contributed by atoms with Crippen molar-refractivity contribution in [1.82, 2.24) is 0 Å².